The molecule has 7 heteroatoms. The van der Waals surface area contributed by atoms with Gasteiger partial charge in [0, 0.05) is 38.0 Å². The normalized spacial score (nSPS) is 11.5. The van der Waals surface area contributed by atoms with Gasteiger partial charge in [-0.3, -0.25) is 4.98 Å². The summed E-state index contributed by atoms with van der Waals surface area (Å²) in [6, 6.07) is 10.1. The van der Waals surface area contributed by atoms with Gasteiger partial charge in [0.05, 0.1) is 19.1 Å². The molecule has 1 heterocycles. The zero-order chi connectivity index (χ0) is 16.9. The van der Waals surface area contributed by atoms with Crippen LogP contribution in [-0.4, -0.2) is 45.5 Å². The average Bonchev–Trinajstić information content (AvgIpc) is 2.59. The highest BCUT2D eigenvalue weighted by atomic mass is 32.2. The van der Waals surface area contributed by atoms with E-state index in [0.29, 0.717) is 24.5 Å². The number of pyridine rings is 1. The van der Waals surface area contributed by atoms with Gasteiger partial charge >= 0.3 is 0 Å². The second-order valence-electron chi connectivity index (χ2n) is 4.91. The molecular weight excluding hydrogens is 316 g/mol. The summed E-state index contributed by atoms with van der Waals surface area (Å²) in [5, 5.41) is 0. The minimum atomic E-state index is -3.60. The van der Waals surface area contributed by atoms with Gasteiger partial charge in [0.25, 0.3) is 0 Å². The molecule has 0 unspecified atom stereocenters. The van der Waals surface area contributed by atoms with Gasteiger partial charge in [-0.1, -0.05) is 6.07 Å². The van der Waals surface area contributed by atoms with Crippen LogP contribution in [0.4, 0.5) is 0 Å². The van der Waals surface area contributed by atoms with Crippen molar-refractivity contribution in [2.75, 3.05) is 27.8 Å². The first-order valence-corrected chi connectivity index (χ1v) is 8.51. The molecule has 0 amide bonds. The number of benzene rings is 1. The lowest BCUT2D eigenvalue weighted by Gasteiger charge is -2.18. The molecule has 23 heavy (non-hydrogen) atoms. The maximum Gasteiger partial charge on any atom is 0.242 e. The fraction of sp³-hybridized carbons (Fsp3) is 0.312. The summed E-state index contributed by atoms with van der Waals surface area (Å²) in [6.07, 6.45) is 2.24. The zero-order valence-electron chi connectivity index (χ0n) is 13.4. The molecule has 0 aliphatic heterocycles. The summed E-state index contributed by atoms with van der Waals surface area (Å²) in [4.78, 5) is 4.36. The van der Waals surface area contributed by atoms with Crippen LogP contribution in [0.1, 0.15) is 5.69 Å². The largest absolute Gasteiger partial charge is 0.493 e. The standard InChI is InChI=1S/C16H20N2O4S/c1-18(11-9-13-6-4-5-10-17-13)23(19,20)14-7-8-15(21-2)16(12-14)22-3/h4-8,10,12H,9,11H2,1-3H3. The van der Waals surface area contributed by atoms with E-state index in [2.05, 4.69) is 4.98 Å². The number of hydrogen-bond acceptors (Lipinski definition) is 5. The van der Waals surface area contributed by atoms with Gasteiger partial charge in [0.1, 0.15) is 0 Å². The van der Waals surface area contributed by atoms with Crippen molar-refractivity contribution in [2.24, 2.45) is 0 Å². The number of hydrogen-bond donors (Lipinski definition) is 0. The molecule has 0 aliphatic rings. The molecule has 0 N–H and O–H groups in total. The van der Waals surface area contributed by atoms with E-state index in [-0.39, 0.29) is 4.90 Å². The van der Waals surface area contributed by atoms with Crippen molar-refractivity contribution in [1.82, 2.24) is 9.29 Å². The number of rotatable bonds is 7. The van der Waals surface area contributed by atoms with E-state index >= 15 is 0 Å². The fourth-order valence-corrected chi connectivity index (χ4v) is 3.28. The molecule has 2 aromatic rings. The molecule has 2 rings (SSSR count). The minimum Gasteiger partial charge on any atom is -0.493 e. The highest BCUT2D eigenvalue weighted by Crippen LogP contribution is 2.30. The van der Waals surface area contributed by atoms with E-state index in [4.69, 9.17) is 9.47 Å². The number of aromatic nitrogens is 1. The summed E-state index contributed by atoms with van der Waals surface area (Å²) in [6.45, 7) is 0.341. The molecule has 1 aromatic heterocycles. The number of sulfonamides is 1. The SMILES string of the molecule is COc1ccc(S(=O)(=O)N(C)CCc2ccccn2)cc1OC. The van der Waals surface area contributed by atoms with E-state index in [9.17, 15) is 8.42 Å². The Hall–Kier alpha value is -2.12. The monoisotopic (exact) mass is 336 g/mol. The molecule has 0 spiro atoms. The summed E-state index contributed by atoms with van der Waals surface area (Å²) in [5.41, 5.74) is 0.849. The minimum absolute atomic E-state index is 0.165. The topological polar surface area (TPSA) is 68.7 Å². The molecule has 1 aromatic carbocycles. The molecule has 0 bridgehead atoms. The highest BCUT2D eigenvalue weighted by Gasteiger charge is 2.22. The Morgan fingerprint density at radius 1 is 1.09 bits per heavy atom. The van der Waals surface area contributed by atoms with Crippen molar-refractivity contribution in [3.63, 3.8) is 0 Å². The Kier molecular flexibility index (Phi) is 5.57. The highest BCUT2D eigenvalue weighted by molar-refractivity contribution is 7.89. The van der Waals surface area contributed by atoms with Crippen molar-refractivity contribution in [3.8, 4) is 11.5 Å². The Labute approximate surface area is 136 Å². The lowest BCUT2D eigenvalue weighted by molar-refractivity contribution is 0.353. The third-order valence-corrected chi connectivity index (χ3v) is 5.33. The molecule has 0 atom stereocenters. The van der Waals surface area contributed by atoms with Crippen molar-refractivity contribution < 1.29 is 17.9 Å². The van der Waals surface area contributed by atoms with Crippen LogP contribution < -0.4 is 9.47 Å². The van der Waals surface area contributed by atoms with E-state index in [1.807, 2.05) is 18.2 Å². The van der Waals surface area contributed by atoms with Crippen LogP contribution in [0, 0.1) is 0 Å². The fourth-order valence-electron chi connectivity index (χ4n) is 2.10. The Morgan fingerprint density at radius 2 is 1.83 bits per heavy atom. The predicted octanol–water partition coefficient (Wildman–Crippen LogP) is 1.96. The van der Waals surface area contributed by atoms with Crippen molar-refractivity contribution in [1.29, 1.82) is 0 Å². The quantitative estimate of drug-likeness (QED) is 0.773. The van der Waals surface area contributed by atoms with Crippen LogP contribution >= 0.6 is 0 Å². The van der Waals surface area contributed by atoms with E-state index in [1.54, 1.807) is 19.3 Å². The van der Waals surface area contributed by atoms with Crippen LogP contribution in [0.3, 0.4) is 0 Å². The van der Waals surface area contributed by atoms with Gasteiger partial charge in [0.15, 0.2) is 11.5 Å². The zero-order valence-corrected chi connectivity index (χ0v) is 14.2. The molecule has 0 saturated heterocycles. The van der Waals surface area contributed by atoms with Crippen LogP contribution in [-0.2, 0) is 16.4 Å². The van der Waals surface area contributed by atoms with Gasteiger partial charge in [-0.05, 0) is 24.3 Å². The van der Waals surface area contributed by atoms with Crippen LogP contribution in [0.25, 0.3) is 0 Å². The summed E-state index contributed by atoms with van der Waals surface area (Å²) < 4.78 is 36.9. The number of nitrogens with zero attached hydrogens (tertiary/aromatic N) is 2. The molecular formula is C16H20N2O4S. The lowest BCUT2D eigenvalue weighted by atomic mass is 10.3. The van der Waals surface area contributed by atoms with Gasteiger partial charge in [-0.2, -0.15) is 0 Å². The number of likely N-dealkylation sites (N-methyl/N-ethyl adjacent to an activating group) is 1. The second kappa shape index (κ2) is 7.43. The Balaban J connectivity index is 2.17. The molecule has 0 aliphatic carbocycles. The third-order valence-electron chi connectivity index (χ3n) is 3.47. The summed E-state index contributed by atoms with van der Waals surface area (Å²) in [7, 11) is 0.930. The van der Waals surface area contributed by atoms with Crippen molar-refractivity contribution in [2.45, 2.75) is 11.3 Å². The first-order chi connectivity index (χ1) is 11.0. The maximum atomic E-state index is 12.6. The lowest BCUT2D eigenvalue weighted by Crippen LogP contribution is -2.29. The Bertz CT molecular complexity index is 748. The number of methoxy groups -OCH3 is 2. The van der Waals surface area contributed by atoms with Crippen LogP contribution in [0.2, 0.25) is 0 Å². The summed E-state index contributed by atoms with van der Waals surface area (Å²) >= 11 is 0. The van der Waals surface area contributed by atoms with Gasteiger partial charge in [-0.15, -0.1) is 0 Å². The van der Waals surface area contributed by atoms with Crippen LogP contribution in [0.5, 0.6) is 11.5 Å². The predicted molar refractivity (Wildman–Crippen MR) is 87.3 cm³/mol. The van der Waals surface area contributed by atoms with Crippen LogP contribution in [0.15, 0.2) is 47.5 Å². The van der Waals surface area contributed by atoms with E-state index in [1.165, 1.54) is 30.7 Å². The molecule has 6 nitrogen and oxygen atoms in total. The first-order valence-electron chi connectivity index (χ1n) is 7.07. The van der Waals surface area contributed by atoms with E-state index < -0.39 is 10.0 Å². The molecule has 0 fully saturated rings. The smallest absolute Gasteiger partial charge is 0.242 e. The van der Waals surface area contributed by atoms with Crippen molar-refractivity contribution >= 4 is 10.0 Å². The maximum absolute atomic E-state index is 12.6. The third kappa shape index (κ3) is 4.00. The molecule has 0 radical (unpaired) electrons. The first kappa shape index (κ1) is 17.2. The van der Waals surface area contributed by atoms with Crippen molar-refractivity contribution in [3.05, 3.63) is 48.3 Å². The Morgan fingerprint density at radius 3 is 2.43 bits per heavy atom. The molecule has 0 saturated carbocycles. The summed E-state index contributed by atoms with van der Waals surface area (Å²) in [5.74, 6) is 0.870. The molecule has 124 valence electrons. The second-order valence-corrected chi connectivity index (χ2v) is 6.96. The van der Waals surface area contributed by atoms with Gasteiger partial charge in [0.2, 0.25) is 10.0 Å². The van der Waals surface area contributed by atoms with E-state index in [0.717, 1.165) is 5.69 Å². The number of ether oxygens (including phenoxy) is 2. The van der Waals surface area contributed by atoms with Gasteiger partial charge in [-0.25, -0.2) is 12.7 Å². The average molecular weight is 336 g/mol. The van der Waals surface area contributed by atoms with Gasteiger partial charge < -0.3 is 9.47 Å².